The van der Waals surface area contributed by atoms with Crippen molar-refractivity contribution in [3.63, 3.8) is 0 Å². The van der Waals surface area contributed by atoms with Gasteiger partial charge in [-0.1, -0.05) is 6.07 Å². The summed E-state index contributed by atoms with van der Waals surface area (Å²) in [5.74, 6) is 0.00565. The van der Waals surface area contributed by atoms with Crippen LogP contribution in [0.3, 0.4) is 0 Å². The van der Waals surface area contributed by atoms with Gasteiger partial charge in [0, 0.05) is 17.5 Å². The van der Waals surface area contributed by atoms with E-state index in [1.807, 2.05) is 18.2 Å². The molecule has 0 unspecified atom stereocenters. The Kier molecular flexibility index (Phi) is 3.45. The second-order valence-electron chi connectivity index (χ2n) is 4.65. The Morgan fingerprint density at radius 1 is 1.33 bits per heavy atom. The molecule has 0 saturated heterocycles. The van der Waals surface area contributed by atoms with Crippen LogP contribution in [0.1, 0.15) is 25.0 Å². The molecular formula is C13H17NO3S. The average Bonchev–Trinajstić information content (AvgIpc) is 2.71. The molecule has 0 amide bonds. The maximum atomic E-state index is 11.9. The summed E-state index contributed by atoms with van der Waals surface area (Å²) in [4.78, 5) is 0. The predicted octanol–water partition coefficient (Wildman–Crippen LogP) is 2.21. The van der Waals surface area contributed by atoms with Crippen molar-refractivity contribution < 1.29 is 12.8 Å². The molecule has 0 spiro atoms. The Bertz CT molecular complexity index is 656. The van der Waals surface area contributed by atoms with Crippen LogP contribution in [0.25, 0.3) is 11.0 Å². The molecule has 5 heteroatoms. The number of hydrogen-bond acceptors (Lipinski definition) is 4. The fourth-order valence-electron chi connectivity index (χ4n) is 1.75. The highest BCUT2D eigenvalue weighted by atomic mass is 32.2. The minimum absolute atomic E-state index is 0.00565. The SMILES string of the molecule is CC(C)S(=O)(=O)Cc1coc2ccc(CN)cc12. The molecule has 0 aliphatic heterocycles. The van der Waals surface area contributed by atoms with E-state index in [-0.39, 0.29) is 11.0 Å². The molecule has 0 bridgehead atoms. The van der Waals surface area contributed by atoms with Crippen LogP contribution in [-0.4, -0.2) is 13.7 Å². The van der Waals surface area contributed by atoms with E-state index in [1.165, 1.54) is 6.26 Å². The number of benzene rings is 1. The molecule has 0 aliphatic carbocycles. The van der Waals surface area contributed by atoms with Gasteiger partial charge in [-0.3, -0.25) is 0 Å². The summed E-state index contributed by atoms with van der Waals surface area (Å²) < 4.78 is 29.2. The van der Waals surface area contributed by atoms with Crippen LogP contribution in [0, 0.1) is 0 Å². The lowest BCUT2D eigenvalue weighted by Crippen LogP contribution is -2.15. The highest BCUT2D eigenvalue weighted by molar-refractivity contribution is 7.91. The third-order valence-corrected chi connectivity index (χ3v) is 5.18. The van der Waals surface area contributed by atoms with Crippen LogP contribution >= 0.6 is 0 Å². The number of fused-ring (bicyclic) bond motifs is 1. The van der Waals surface area contributed by atoms with E-state index in [0.29, 0.717) is 17.7 Å². The Labute approximate surface area is 107 Å². The van der Waals surface area contributed by atoms with Crippen molar-refractivity contribution in [1.29, 1.82) is 0 Å². The summed E-state index contributed by atoms with van der Waals surface area (Å²) in [5.41, 5.74) is 7.95. The van der Waals surface area contributed by atoms with Gasteiger partial charge < -0.3 is 10.2 Å². The lowest BCUT2D eigenvalue weighted by atomic mass is 10.1. The van der Waals surface area contributed by atoms with E-state index in [4.69, 9.17) is 10.2 Å². The van der Waals surface area contributed by atoms with Crippen LogP contribution in [0.5, 0.6) is 0 Å². The number of nitrogens with two attached hydrogens (primary N) is 1. The monoisotopic (exact) mass is 267 g/mol. The molecule has 0 atom stereocenters. The van der Waals surface area contributed by atoms with E-state index in [1.54, 1.807) is 13.8 Å². The van der Waals surface area contributed by atoms with Gasteiger partial charge in [0.25, 0.3) is 0 Å². The normalized spacial score (nSPS) is 12.4. The molecule has 1 aromatic carbocycles. The van der Waals surface area contributed by atoms with E-state index in [9.17, 15) is 8.42 Å². The van der Waals surface area contributed by atoms with Crippen molar-refractivity contribution in [2.45, 2.75) is 31.4 Å². The van der Waals surface area contributed by atoms with Gasteiger partial charge in [0.2, 0.25) is 0 Å². The first-order chi connectivity index (χ1) is 8.44. The number of hydrogen-bond donors (Lipinski definition) is 1. The van der Waals surface area contributed by atoms with Crippen molar-refractivity contribution in [3.8, 4) is 0 Å². The summed E-state index contributed by atoms with van der Waals surface area (Å²) in [7, 11) is -3.12. The average molecular weight is 267 g/mol. The molecular weight excluding hydrogens is 250 g/mol. The van der Waals surface area contributed by atoms with E-state index in [0.717, 1.165) is 10.9 Å². The van der Waals surface area contributed by atoms with Crippen molar-refractivity contribution in [2.75, 3.05) is 0 Å². The number of rotatable bonds is 4. The molecule has 0 saturated carbocycles. The first-order valence-corrected chi connectivity index (χ1v) is 7.56. The quantitative estimate of drug-likeness (QED) is 0.921. The van der Waals surface area contributed by atoms with Gasteiger partial charge >= 0.3 is 0 Å². The fraction of sp³-hybridized carbons (Fsp3) is 0.385. The van der Waals surface area contributed by atoms with Crippen LogP contribution in [0.2, 0.25) is 0 Å². The molecule has 2 aromatic rings. The van der Waals surface area contributed by atoms with Crippen molar-refractivity contribution in [3.05, 3.63) is 35.6 Å². The molecule has 1 heterocycles. The van der Waals surface area contributed by atoms with Crippen molar-refractivity contribution in [2.24, 2.45) is 5.73 Å². The summed E-state index contributed by atoms with van der Waals surface area (Å²) in [6.07, 6.45) is 1.52. The summed E-state index contributed by atoms with van der Waals surface area (Å²) in [5, 5.41) is 0.447. The second kappa shape index (κ2) is 4.74. The lowest BCUT2D eigenvalue weighted by molar-refractivity contribution is 0.584. The third kappa shape index (κ3) is 2.42. The molecule has 0 aliphatic rings. The number of furan rings is 1. The zero-order chi connectivity index (χ0) is 13.3. The van der Waals surface area contributed by atoms with Gasteiger partial charge in [-0.2, -0.15) is 0 Å². The zero-order valence-corrected chi connectivity index (χ0v) is 11.3. The van der Waals surface area contributed by atoms with Gasteiger partial charge in [-0.05, 0) is 31.5 Å². The molecule has 1 aromatic heterocycles. The van der Waals surface area contributed by atoms with Crippen molar-refractivity contribution in [1.82, 2.24) is 0 Å². The van der Waals surface area contributed by atoms with Crippen LogP contribution in [0.4, 0.5) is 0 Å². The van der Waals surface area contributed by atoms with Gasteiger partial charge in [0.1, 0.15) is 5.58 Å². The molecule has 98 valence electrons. The van der Waals surface area contributed by atoms with Gasteiger partial charge in [-0.15, -0.1) is 0 Å². The maximum absolute atomic E-state index is 11.9. The van der Waals surface area contributed by atoms with Gasteiger partial charge in [-0.25, -0.2) is 8.42 Å². The topological polar surface area (TPSA) is 73.3 Å². The van der Waals surface area contributed by atoms with Gasteiger partial charge in [0.15, 0.2) is 9.84 Å². The molecule has 0 radical (unpaired) electrons. The van der Waals surface area contributed by atoms with Crippen LogP contribution in [-0.2, 0) is 22.1 Å². The standard InChI is InChI=1S/C13H17NO3S/c1-9(2)18(15,16)8-11-7-17-13-4-3-10(6-14)5-12(11)13/h3-5,7,9H,6,8,14H2,1-2H3. The second-order valence-corrected chi connectivity index (χ2v) is 7.21. The molecule has 18 heavy (non-hydrogen) atoms. The Morgan fingerprint density at radius 3 is 2.67 bits per heavy atom. The zero-order valence-electron chi connectivity index (χ0n) is 10.5. The summed E-state index contributed by atoms with van der Waals surface area (Å²) in [6, 6.07) is 5.60. The molecule has 2 rings (SSSR count). The fourth-order valence-corrected chi connectivity index (χ4v) is 2.74. The molecule has 2 N–H and O–H groups in total. The smallest absolute Gasteiger partial charge is 0.156 e. The first kappa shape index (κ1) is 13.1. The van der Waals surface area contributed by atoms with Crippen molar-refractivity contribution >= 4 is 20.8 Å². The Hall–Kier alpha value is -1.33. The lowest BCUT2D eigenvalue weighted by Gasteiger charge is -2.06. The number of sulfone groups is 1. The molecule has 0 fully saturated rings. The third-order valence-electron chi connectivity index (χ3n) is 3.03. The highest BCUT2D eigenvalue weighted by Gasteiger charge is 2.19. The molecule has 4 nitrogen and oxygen atoms in total. The Morgan fingerprint density at radius 2 is 2.06 bits per heavy atom. The highest BCUT2D eigenvalue weighted by Crippen LogP contribution is 2.25. The Balaban J connectivity index is 2.46. The first-order valence-electron chi connectivity index (χ1n) is 5.84. The van der Waals surface area contributed by atoms with Crippen LogP contribution in [0.15, 0.2) is 28.9 Å². The van der Waals surface area contributed by atoms with E-state index >= 15 is 0 Å². The van der Waals surface area contributed by atoms with E-state index in [2.05, 4.69) is 0 Å². The largest absolute Gasteiger partial charge is 0.464 e. The predicted molar refractivity (Wildman–Crippen MR) is 71.9 cm³/mol. The minimum atomic E-state index is -3.12. The summed E-state index contributed by atoms with van der Waals surface area (Å²) >= 11 is 0. The van der Waals surface area contributed by atoms with Crippen LogP contribution < -0.4 is 5.73 Å². The van der Waals surface area contributed by atoms with E-state index < -0.39 is 9.84 Å². The summed E-state index contributed by atoms with van der Waals surface area (Å²) in [6.45, 7) is 3.79. The van der Waals surface area contributed by atoms with Gasteiger partial charge in [0.05, 0.1) is 17.3 Å². The minimum Gasteiger partial charge on any atom is -0.464 e. The maximum Gasteiger partial charge on any atom is 0.156 e.